The minimum absolute atomic E-state index is 0.0559. The summed E-state index contributed by atoms with van der Waals surface area (Å²) in [6.07, 6.45) is -0.631. The Morgan fingerprint density at radius 2 is 1.86 bits per heavy atom. The Labute approximate surface area is 197 Å². The van der Waals surface area contributed by atoms with Gasteiger partial charge < -0.3 is 19.4 Å². The molecule has 2 aromatic heterocycles. The smallest absolute Gasteiger partial charge is 0.459 e. The first-order chi connectivity index (χ1) is 16.5. The molecule has 182 valence electrons. The molecule has 0 aliphatic carbocycles. The van der Waals surface area contributed by atoms with E-state index in [4.69, 9.17) is 4.42 Å². The number of amides is 4. The van der Waals surface area contributed by atoms with E-state index < -0.39 is 35.5 Å². The van der Waals surface area contributed by atoms with Crippen molar-refractivity contribution in [3.05, 3.63) is 72.4 Å². The second-order valence-corrected chi connectivity index (χ2v) is 8.07. The molecule has 1 aliphatic heterocycles. The molecule has 12 heteroatoms. The summed E-state index contributed by atoms with van der Waals surface area (Å²) in [4.78, 5) is 45.0. The van der Waals surface area contributed by atoms with Gasteiger partial charge in [-0.15, -0.1) is 13.2 Å². The maximum absolute atomic E-state index is 13.3. The fraction of sp³-hybridized carbons (Fsp3) is 0.217. The van der Waals surface area contributed by atoms with Crippen LogP contribution in [0.4, 0.5) is 29.3 Å². The molecule has 1 aliphatic rings. The van der Waals surface area contributed by atoms with Crippen LogP contribution in [0.1, 0.15) is 30.0 Å². The summed E-state index contributed by atoms with van der Waals surface area (Å²) in [6.45, 7) is 3.05. The number of urea groups is 1. The Morgan fingerprint density at radius 3 is 2.49 bits per heavy atom. The second-order valence-electron chi connectivity index (χ2n) is 8.07. The summed E-state index contributed by atoms with van der Waals surface area (Å²) in [5.41, 5.74) is -0.378. The van der Waals surface area contributed by atoms with Crippen LogP contribution in [-0.2, 0) is 11.3 Å². The summed E-state index contributed by atoms with van der Waals surface area (Å²) in [5, 5.41) is 2.67. The predicted molar refractivity (Wildman–Crippen MR) is 117 cm³/mol. The van der Waals surface area contributed by atoms with E-state index in [0.29, 0.717) is 11.3 Å². The molecule has 9 nitrogen and oxygen atoms in total. The number of hydrogen-bond acceptors (Lipinski definition) is 6. The van der Waals surface area contributed by atoms with E-state index in [0.717, 1.165) is 17.0 Å². The van der Waals surface area contributed by atoms with Crippen molar-refractivity contribution >= 4 is 29.2 Å². The van der Waals surface area contributed by atoms with Gasteiger partial charge in [-0.2, -0.15) is 0 Å². The highest BCUT2D eigenvalue weighted by molar-refractivity contribution is 6.23. The maximum Gasteiger partial charge on any atom is 0.573 e. The van der Waals surface area contributed by atoms with Crippen LogP contribution in [0, 0.1) is 0 Å². The number of nitrogens with one attached hydrogen (secondary N) is 1. The van der Waals surface area contributed by atoms with Crippen LogP contribution in [0.3, 0.4) is 0 Å². The number of pyridine rings is 1. The van der Waals surface area contributed by atoms with Crippen LogP contribution in [-0.4, -0.2) is 39.6 Å². The Morgan fingerprint density at radius 1 is 1.14 bits per heavy atom. The van der Waals surface area contributed by atoms with Crippen molar-refractivity contribution in [1.29, 1.82) is 0 Å². The van der Waals surface area contributed by atoms with E-state index in [-0.39, 0.29) is 18.0 Å². The lowest BCUT2D eigenvalue weighted by molar-refractivity contribution is -0.274. The van der Waals surface area contributed by atoms with Crippen LogP contribution in [0.25, 0.3) is 0 Å². The van der Waals surface area contributed by atoms with Crippen molar-refractivity contribution in [2.45, 2.75) is 32.3 Å². The number of alkyl halides is 3. The predicted octanol–water partition coefficient (Wildman–Crippen LogP) is 4.57. The van der Waals surface area contributed by atoms with Crippen LogP contribution in [0.2, 0.25) is 0 Å². The van der Waals surface area contributed by atoms with E-state index in [2.05, 4.69) is 15.0 Å². The molecular formula is C23H19F3N4O5. The van der Waals surface area contributed by atoms with Crippen molar-refractivity contribution in [2.24, 2.45) is 0 Å². The molecule has 0 bridgehead atoms. The van der Waals surface area contributed by atoms with Crippen molar-refractivity contribution in [3.63, 3.8) is 0 Å². The lowest BCUT2D eigenvalue weighted by atomic mass is 10.0. The fourth-order valence-corrected chi connectivity index (χ4v) is 3.56. The number of rotatable bonds is 6. The molecule has 0 spiro atoms. The van der Waals surface area contributed by atoms with E-state index >= 15 is 0 Å². The molecule has 4 rings (SSSR count). The van der Waals surface area contributed by atoms with E-state index in [9.17, 15) is 27.6 Å². The Balaban J connectivity index is 1.57. The van der Waals surface area contributed by atoms with Gasteiger partial charge in [0, 0.05) is 6.20 Å². The van der Waals surface area contributed by atoms with E-state index in [1.165, 1.54) is 41.8 Å². The first-order valence-electron chi connectivity index (χ1n) is 10.3. The number of furan rings is 1. The summed E-state index contributed by atoms with van der Waals surface area (Å²) in [5.74, 6) is -1.49. The highest BCUT2D eigenvalue weighted by Gasteiger charge is 2.52. The number of imide groups is 1. The second kappa shape index (κ2) is 8.78. The summed E-state index contributed by atoms with van der Waals surface area (Å²) < 4.78 is 46.2. The number of halogens is 3. The van der Waals surface area contributed by atoms with Crippen LogP contribution < -0.4 is 15.0 Å². The molecule has 3 aromatic rings. The zero-order valence-corrected chi connectivity index (χ0v) is 18.5. The molecule has 1 aromatic carbocycles. The Kier molecular flexibility index (Phi) is 5.97. The monoisotopic (exact) mass is 488 g/mol. The number of anilines is 2. The normalized spacial score (nSPS) is 15.5. The number of benzene rings is 1. The van der Waals surface area contributed by atoms with Crippen molar-refractivity contribution < 1.29 is 36.7 Å². The van der Waals surface area contributed by atoms with Crippen LogP contribution in [0.15, 0.2) is 65.5 Å². The molecule has 35 heavy (non-hydrogen) atoms. The van der Waals surface area contributed by atoms with Gasteiger partial charge in [-0.1, -0.05) is 0 Å². The highest BCUT2D eigenvalue weighted by atomic mass is 19.4. The zero-order chi connectivity index (χ0) is 25.4. The summed E-state index contributed by atoms with van der Waals surface area (Å²) in [6, 6.07) is 8.39. The topological polar surface area (TPSA) is 105 Å². The molecule has 0 unspecified atom stereocenters. The van der Waals surface area contributed by atoms with Crippen molar-refractivity contribution in [1.82, 2.24) is 9.88 Å². The minimum Gasteiger partial charge on any atom is -0.459 e. The number of carbonyl (C=O) groups excluding carboxylic acids is 3. The summed E-state index contributed by atoms with van der Waals surface area (Å²) in [7, 11) is 0. The van der Waals surface area contributed by atoms with Gasteiger partial charge in [-0.05, 0) is 61.9 Å². The van der Waals surface area contributed by atoms with Crippen LogP contribution in [0.5, 0.6) is 5.75 Å². The summed E-state index contributed by atoms with van der Waals surface area (Å²) >= 11 is 0. The average molecular weight is 488 g/mol. The van der Waals surface area contributed by atoms with Gasteiger partial charge in [0.15, 0.2) is 5.76 Å². The van der Waals surface area contributed by atoms with Gasteiger partial charge in [0.05, 0.1) is 30.4 Å². The number of aromatic nitrogens is 1. The molecule has 1 fully saturated rings. The van der Waals surface area contributed by atoms with Gasteiger partial charge in [0.2, 0.25) is 0 Å². The molecule has 0 saturated carbocycles. The number of hydrogen-bond donors (Lipinski definition) is 1. The molecule has 4 amide bonds. The van der Waals surface area contributed by atoms with Gasteiger partial charge >= 0.3 is 12.4 Å². The van der Waals surface area contributed by atoms with Gasteiger partial charge in [0.1, 0.15) is 11.3 Å². The van der Waals surface area contributed by atoms with Gasteiger partial charge in [-0.3, -0.25) is 14.6 Å². The third-order valence-electron chi connectivity index (χ3n) is 5.38. The maximum atomic E-state index is 13.3. The standard InChI is InChI=1S/C23H19F3N4O5/c1-22(2)20(32)30(15-5-7-16(8-6-15)35-23(24,25)26)21(33)29(22)13-14-9-10-27-12-17(14)28-19(31)18-4-3-11-34-18/h3-12H,13H2,1-2H3,(H,28,31). The zero-order valence-electron chi connectivity index (χ0n) is 18.5. The third kappa shape index (κ3) is 4.81. The molecule has 1 saturated heterocycles. The fourth-order valence-electron chi connectivity index (χ4n) is 3.56. The van der Waals surface area contributed by atoms with Crippen LogP contribution >= 0.6 is 0 Å². The first kappa shape index (κ1) is 23.8. The Hall–Kier alpha value is -4.35. The number of ether oxygens (including phenoxy) is 1. The minimum atomic E-state index is -4.87. The van der Waals surface area contributed by atoms with Gasteiger partial charge in [-0.25, -0.2) is 9.69 Å². The first-order valence-corrected chi connectivity index (χ1v) is 10.3. The highest BCUT2D eigenvalue weighted by Crippen LogP contribution is 2.35. The average Bonchev–Trinajstić information content (AvgIpc) is 3.38. The molecule has 3 heterocycles. The molecule has 0 radical (unpaired) electrons. The largest absolute Gasteiger partial charge is 0.573 e. The number of carbonyl (C=O) groups is 3. The van der Waals surface area contributed by atoms with Crippen molar-refractivity contribution in [2.75, 3.05) is 10.2 Å². The van der Waals surface area contributed by atoms with Crippen molar-refractivity contribution in [3.8, 4) is 5.75 Å². The molecule has 1 N–H and O–H groups in total. The van der Waals surface area contributed by atoms with E-state index in [1.54, 1.807) is 26.0 Å². The quantitative estimate of drug-likeness (QED) is 0.510. The number of nitrogens with zero attached hydrogens (tertiary/aromatic N) is 3. The van der Waals surface area contributed by atoms with E-state index in [1.807, 2.05) is 0 Å². The lowest BCUT2D eigenvalue weighted by Gasteiger charge is -2.28. The molecular weight excluding hydrogens is 469 g/mol. The van der Waals surface area contributed by atoms with Gasteiger partial charge in [0.25, 0.3) is 11.8 Å². The molecule has 0 atom stereocenters. The lowest BCUT2D eigenvalue weighted by Crippen LogP contribution is -2.43. The Bertz CT molecular complexity index is 1260. The third-order valence-corrected chi connectivity index (χ3v) is 5.38. The SMILES string of the molecule is CC1(C)C(=O)N(c2ccc(OC(F)(F)F)cc2)C(=O)N1Cc1ccncc1NC(=O)c1ccco1.